The van der Waals surface area contributed by atoms with E-state index in [4.69, 9.17) is 34.8 Å². The van der Waals surface area contributed by atoms with Crippen LogP contribution in [0.3, 0.4) is 0 Å². The highest BCUT2D eigenvalue weighted by Gasteiger charge is 2.25. The lowest BCUT2D eigenvalue weighted by Crippen LogP contribution is -2.27. The summed E-state index contributed by atoms with van der Waals surface area (Å²) in [7, 11) is -10.8. The maximum Gasteiger partial charge on any atom is 0.241 e. The summed E-state index contributed by atoms with van der Waals surface area (Å²) in [5, 5.41) is 1.50. The minimum absolute atomic E-state index is 0.166. The molecule has 0 amide bonds. The molecule has 3 unspecified atom stereocenters. The van der Waals surface area contributed by atoms with E-state index in [1.807, 2.05) is 20.8 Å². The molecule has 3 aromatic heterocycles. The van der Waals surface area contributed by atoms with E-state index in [1.54, 1.807) is 57.2 Å². The van der Waals surface area contributed by atoms with Crippen molar-refractivity contribution < 1.29 is 25.3 Å². The molecule has 3 N–H and O–H groups in total. The monoisotopic (exact) mass is 1150 g/mol. The maximum atomic E-state index is 12.4. The lowest BCUT2D eigenvalue weighted by Gasteiger charge is -2.14. The summed E-state index contributed by atoms with van der Waals surface area (Å²) >= 11 is 23.7. The van der Waals surface area contributed by atoms with Gasteiger partial charge in [0.15, 0.2) is 0 Å². The van der Waals surface area contributed by atoms with Crippen molar-refractivity contribution in [2.75, 3.05) is 0 Å². The average molecular weight is 1160 g/mol. The van der Waals surface area contributed by atoms with Crippen molar-refractivity contribution in [3.63, 3.8) is 0 Å². The number of benzene rings is 3. The summed E-state index contributed by atoms with van der Waals surface area (Å²) in [5.74, 6) is 5.82. The van der Waals surface area contributed by atoms with Gasteiger partial charge >= 0.3 is 0 Å². The molecule has 0 bridgehead atoms. The molecule has 0 saturated heterocycles. The van der Waals surface area contributed by atoms with Crippen LogP contribution in [0, 0.1) is 29.3 Å². The van der Waals surface area contributed by atoms with Crippen LogP contribution in [0.15, 0.2) is 87.5 Å². The van der Waals surface area contributed by atoms with E-state index in [0.29, 0.717) is 20.8 Å². The molecular formula is C42H46Cl3IN6O6S6. The van der Waals surface area contributed by atoms with Crippen molar-refractivity contribution in [1.82, 2.24) is 27.3 Å². The zero-order chi connectivity index (χ0) is 47.6. The van der Waals surface area contributed by atoms with Gasteiger partial charge in [-0.05, 0) is 190 Å². The molecule has 6 rings (SSSR count). The number of nitrogens with one attached hydrogen (secondary N) is 3. The number of halogens is 4. The van der Waals surface area contributed by atoms with Crippen LogP contribution in [0.2, 0.25) is 15.1 Å². The van der Waals surface area contributed by atoms with Crippen molar-refractivity contribution in [1.29, 1.82) is 0 Å². The molecule has 12 nitrogen and oxygen atoms in total. The number of aromatic nitrogens is 3. The number of sulfonamides is 3. The van der Waals surface area contributed by atoms with E-state index >= 15 is 0 Å². The van der Waals surface area contributed by atoms with Gasteiger partial charge in [0.05, 0.1) is 59.0 Å². The Balaban J connectivity index is 0.000000211. The Morgan fingerprint density at radius 2 is 0.938 bits per heavy atom. The quantitative estimate of drug-likeness (QED) is 0.0707. The first-order valence-corrected chi connectivity index (χ1v) is 28.3. The maximum absolute atomic E-state index is 12.4. The summed E-state index contributed by atoms with van der Waals surface area (Å²) in [4.78, 5) is 3.83. The van der Waals surface area contributed by atoms with Crippen LogP contribution in [0.5, 0.6) is 0 Å². The van der Waals surface area contributed by atoms with Crippen molar-refractivity contribution in [2.45, 2.75) is 101 Å². The van der Waals surface area contributed by atoms with Crippen molar-refractivity contribution in [3.05, 3.63) is 134 Å². The van der Waals surface area contributed by atoms with Crippen LogP contribution in [0.1, 0.15) is 103 Å². The van der Waals surface area contributed by atoms with Gasteiger partial charge in [-0.1, -0.05) is 54.6 Å². The first-order valence-electron chi connectivity index (χ1n) is 19.4. The second-order valence-electron chi connectivity index (χ2n) is 13.9. The Bertz CT molecular complexity index is 2920. The number of rotatable bonds is 14. The fraction of sp³-hybridized carbons (Fsp3) is 0.310. The SMILES string of the molecule is CC#Cc1c(C(C)NS(=O)(=O)c2ccc(Cl)cc2)nsc1C.CCc1snc(C(C)NS(=O)(=O)c2ccc(Cl)cc2)c1CC.Cc1snc(C(C)NS(=O)(=O)c2ccc(Cl)cc2)c1I. The highest BCUT2D eigenvalue weighted by Crippen LogP contribution is 2.29. The molecule has 3 heterocycles. The normalized spacial score (nSPS) is 13.1. The van der Waals surface area contributed by atoms with Gasteiger partial charge in [-0.2, -0.15) is 13.1 Å². The van der Waals surface area contributed by atoms with Crippen LogP contribution in [0.25, 0.3) is 0 Å². The van der Waals surface area contributed by atoms with E-state index in [0.717, 1.165) is 48.7 Å². The molecule has 0 aliphatic rings. The van der Waals surface area contributed by atoms with Crippen LogP contribution < -0.4 is 14.2 Å². The van der Waals surface area contributed by atoms with Gasteiger partial charge in [0.2, 0.25) is 30.1 Å². The Morgan fingerprint density at radius 3 is 1.30 bits per heavy atom. The summed E-state index contributed by atoms with van der Waals surface area (Å²) in [6.45, 7) is 15.1. The fourth-order valence-electron chi connectivity index (χ4n) is 5.87. The molecule has 0 aliphatic carbocycles. The van der Waals surface area contributed by atoms with Gasteiger partial charge in [-0.3, -0.25) is 0 Å². The minimum atomic E-state index is -3.64. The molecule has 0 fully saturated rings. The molecular weight excluding hydrogens is 1110 g/mol. The Labute approximate surface area is 417 Å². The van der Waals surface area contributed by atoms with Crippen molar-refractivity contribution >= 4 is 122 Å². The van der Waals surface area contributed by atoms with Gasteiger partial charge in [0.1, 0.15) is 0 Å². The summed E-state index contributed by atoms with van der Waals surface area (Å²) in [5.41, 5.74) is 4.17. The second-order valence-corrected chi connectivity index (χ2v) is 24.2. The third-order valence-corrected chi connectivity index (χ3v) is 18.9. The predicted octanol–water partition coefficient (Wildman–Crippen LogP) is 11.2. The average Bonchev–Trinajstić information content (AvgIpc) is 3.94. The van der Waals surface area contributed by atoms with E-state index in [1.165, 1.54) is 75.9 Å². The van der Waals surface area contributed by atoms with Crippen LogP contribution >= 0.6 is 92.0 Å². The molecule has 3 atom stereocenters. The molecule has 64 heavy (non-hydrogen) atoms. The largest absolute Gasteiger partial charge is 0.241 e. The lowest BCUT2D eigenvalue weighted by atomic mass is 10.1. The van der Waals surface area contributed by atoms with Gasteiger partial charge in [-0.25, -0.2) is 39.4 Å². The van der Waals surface area contributed by atoms with Gasteiger partial charge in [0.25, 0.3) is 0 Å². The molecule has 344 valence electrons. The Hall–Kier alpha value is -2.56. The number of aryl methyl sites for hydroxylation is 3. The van der Waals surface area contributed by atoms with Crippen LogP contribution in [0.4, 0.5) is 0 Å². The Morgan fingerprint density at radius 1 is 0.578 bits per heavy atom. The smallest absolute Gasteiger partial charge is 0.207 e. The van der Waals surface area contributed by atoms with Crippen LogP contribution in [-0.2, 0) is 42.9 Å². The van der Waals surface area contributed by atoms with Gasteiger partial charge in [-0.15, -0.1) is 5.92 Å². The third-order valence-electron chi connectivity index (χ3n) is 9.13. The number of hydrogen-bond acceptors (Lipinski definition) is 12. The van der Waals surface area contributed by atoms with E-state index < -0.39 is 36.1 Å². The van der Waals surface area contributed by atoms with Crippen LogP contribution in [-0.4, -0.2) is 38.4 Å². The lowest BCUT2D eigenvalue weighted by molar-refractivity contribution is 0.562. The summed E-state index contributed by atoms with van der Waals surface area (Å²) in [6, 6.07) is 17.0. The molecule has 0 saturated carbocycles. The highest BCUT2D eigenvalue weighted by molar-refractivity contribution is 14.1. The molecule has 22 heteroatoms. The number of hydrogen-bond donors (Lipinski definition) is 3. The van der Waals surface area contributed by atoms with Gasteiger partial charge < -0.3 is 0 Å². The van der Waals surface area contributed by atoms with E-state index in [-0.39, 0.29) is 26.8 Å². The molecule has 0 aliphatic heterocycles. The van der Waals surface area contributed by atoms with E-state index in [2.05, 4.69) is 75.6 Å². The highest BCUT2D eigenvalue weighted by atomic mass is 127. The fourth-order valence-corrected chi connectivity index (χ4v) is 13.3. The van der Waals surface area contributed by atoms with Crippen molar-refractivity contribution in [2.24, 2.45) is 0 Å². The van der Waals surface area contributed by atoms with E-state index in [9.17, 15) is 25.3 Å². The first kappa shape index (κ1) is 54.0. The molecule has 0 spiro atoms. The van der Waals surface area contributed by atoms with Crippen molar-refractivity contribution in [3.8, 4) is 11.8 Å². The topological polar surface area (TPSA) is 177 Å². The molecule has 6 aromatic rings. The summed E-state index contributed by atoms with van der Waals surface area (Å²) in [6.07, 6.45) is 1.76. The predicted molar refractivity (Wildman–Crippen MR) is 270 cm³/mol. The first-order chi connectivity index (χ1) is 30.0. The zero-order valence-electron chi connectivity index (χ0n) is 35.8. The Kier molecular flexibility index (Phi) is 20.2. The molecule has 0 radical (unpaired) electrons. The third kappa shape index (κ3) is 14.5. The number of nitrogens with zero attached hydrogens (tertiary/aromatic N) is 3. The minimum Gasteiger partial charge on any atom is -0.207 e. The summed E-state index contributed by atoms with van der Waals surface area (Å²) < 4.78 is 96.2. The zero-order valence-corrected chi connectivity index (χ0v) is 45.2. The second kappa shape index (κ2) is 23.9. The van der Waals surface area contributed by atoms with Gasteiger partial charge in [0, 0.05) is 29.7 Å². The standard InChI is InChI=1S/C15H15ClN2O2S2.C15H19ClN2O2S2.C12H12ClIN2O2S2/c1-4-5-14-11(3)21-17-15(14)10(2)18-22(19,20)13-8-6-12(16)7-9-13;1-4-13-14(5-2)21-17-15(13)10(3)18-22(19,20)12-8-6-11(16)7-9-12;1-7(12-11(14)8(2)19-15-12)16-20(17,18)10-5-3-9(13)4-6-10/h6-10,18H,1-3H3;6-10,18H,4-5H2,1-3H3;3-7,16H,1-2H3. The molecule has 3 aromatic carbocycles.